The molecule has 0 saturated carbocycles. The molecule has 0 atom stereocenters. The number of rotatable bonds is 9. The molecule has 11 heteroatoms. The maximum absolute atomic E-state index is 13.4. The first kappa shape index (κ1) is 22.1. The van der Waals surface area contributed by atoms with Gasteiger partial charge in [0.1, 0.15) is 11.6 Å². The van der Waals surface area contributed by atoms with Crippen LogP contribution in [0.4, 0.5) is 10.1 Å². The molecule has 0 aliphatic carbocycles. The van der Waals surface area contributed by atoms with E-state index in [1.807, 2.05) is 0 Å². The standard InChI is InChI=1S/C20H18FN5O4S/c1-13(27)22-11-10-19-23-24-20(25(19)16-8-4-15(21)5-9-16)31-12-18(28)14-2-6-17(7-3-14)26(29)30/h2-9H,10-12H2,1H3,(H,22,27). The number of aromatic nitrogens is 3. The highest BCUT2D eigenvalue weighted by molar-refractivity contribution is 7.99. The summed E-state index contributed by atoms with van der Waals surface area (Å²) in [5, 5.41) is 22.2. The Hall–Kier alpha value is -3.60. The lowest BCUT2D eigenvalue weighted by atomic mass is 10.1. The summed E-state index contributed by atoms with van der Waals surface area (Å²) < 4.78 is 15.1. The van der Waals surface area contributed by atoms with Gasteiger partial charge in [0.2, 0.25) is 5.91 Å². The van der Waals surface area contributed by atoms with E-state index in [9.17, 15) is 24.1 Å². The number of non-ortho nitro benzene ring substituents is 1. The fraction of sp³-hybridized carbons (Fsp3) is 0.200. The van der Waals surface area contributed by atoms with E-state index >= 15 is 0 Å². The summed E-state index contributed by atoms with van der Waals surface area (Å²) >= 11 is 1.14. The normalized spacial score (nSPS) is 10.6. The monoisotopic (exact) mass is 443 g/mol. The first-order chi connectivity index (χ1) is 14.8. The molecule has 0 aliphatic heterocycles. The van der Waals surface area contributed by atoms with Gasteiger partial charge in [-0.25, -0.2) is 4.39 Å². The Morgan fingerprint density at radius 1 is 1.13 bits per heavy atom. The number of nitro groups is 1. The van der Waals surface area contributed by atoms with Gasteiger partial charge in [-0.3, -0.25) is 24.3 Å². The molecule has 0 saturated heterocycles. The molecule has 31 heavy (non-hydrogen) atoms. The Morgan fingerprint density at radius 3 is 2.42 bits per heavy atom. The molecule has 3 rings (SSSR count). The number of ketones is 1. The minimum atomic E-state index is -0.531. The number of nitro benzene ring substituents is 1. The smallest absolute Gasteiger partial charge is 0.269 e. The van der Waals surface area contributed by atoms with Gasteiger partial charge in [-0.05, 0) is 36.4 Å². The summed E-state index contributed by atoms with van der Waals surface area (Å²) in [4.78, 5) is 33.8. The van der Waals surface area contributed by atoms with Crippen LogP contribution < -0.4 is 5.32 Å². The Kier molecular flexibility index (Phi) is 7.08. The number of thioether (sulfide) groups is 1. The zero-order chi connectivity index (χ0) is 22.4. The van der Waals surface area contributed by atoms with Gasteiger partial charge >= 0.3 is 0 Å². The molecule has 1 amide bonds. The van der Waals surface area contributed by atoms with E-state index in [4.69, 9.17) is 0 Å². The highest BCUT2D eigenvalue weighted by atomic mass is 32.2. The van der Waals surface area contributed by atoms with Gasteiger partial charge in [0.15, 0.2) is 10.9 Å². The highest BCUT2D eigenvalue weighted by Gasteiger charge is 2.17. The van der Waals surface area contributed by atoms with Crippen molar-refractivity contribution >= 4 is 29.1 Å². The number of amides is 1. The molecule has 2 aromatic carbocycles. The van der Waals surface area contributed by atoms with E-state index in [1.54, 1.807) is 16.7 Å². The molecular weight excluding hydrogens is 425 g/mol. The number of benzene rings is 2. The Balaban J connectivity index is 1.78. The maximum Gasteiger partial charge on any atom is 0.269 e. The van der Waals surface area contributed by atoms with Crippen LogP contribution in [0.15, 0.2) is 53.7 Å². The summed E-state index contributed by atoms with van der Waals surface area (Å²) in [6, 6.07) is 11.1. The average molecular weight is 443 g/mol. The maximum atomic E-state index is 13.4. The van der Waals surface area contributed by atoms with Gasteiger partial charge in [0.05, 0.1) is 10.7 Å². The number of Topliss-reactive ketones (excluding diaryl/α,β-unsaturated/α-hetero) is 1. The van der Waals surface area contributed by atoms with Gasteiger partial charge in [0, 0.05) is 43.3 Å². The molecule has 160 valence electrons. The molecule has 0 radical (unpaired) electrons. The van der Waals surface area contributed by atoms with Gasteiger partial charge in [-0.1, -0.05) is 11.8 Å². The van der Waals surface area contributed by atoms with Crippen LogP contribution in [0.5, 0.6) is 0 Å². The average Bonchev–Trinajstić information content (AvgIpc) is 3.15. The van der Waals surface area contributed by atoms with Gasteiger partial charge < -0.3 is 5.32 Å². The van der Waals surface area contributed by atoms with E-state index in [1.165, 1.54) is 43.3 Å². The molecule has 0 unspecified atom stereocenters. The van der Waals surface area contributed by atoms with Crippen molar-refractivity contribution in [2.24, 2.45) is 0 Å². The molecule has 9 nitrogen and oxygen atoms in total. The van der Waals surface area contributed by atoms with Crippen LogP contribution in [0.25, 0.3) is 5.69 Å². The quantitative estimate of drug-likeness (QED) is 0.234. The van der Waals surface area contributed by atoms with Crippen LogP contribution >= 0.6 is 11.8 Å². The number of nitrogens with zero attached hydrogens (tertiary/aromatic N) is 4. The van der Waals surface area contributed by atoms with E-state index in [-0.39, 0.29) is 28.9 Å². The Bertz CT molecular complexity index is 1100. The van der Waals surface area contributed by atoms with Crippen molar-refractivity contribution in [3.8, 4) is 5.69 Å². The van der Waals surface area contributed by atoms with Crippen LogP contribution in [-0.2, 0) is 11.2 Å². The zero-order valence-electron chi connectivity index (χ0n) is 16.4. The van der Waals surface area contributed by atoms with Crippen molar-refractivity contribution in [1.82, 2.24) is 20.1 Å². The van der Waals surface area contributed by atoms with Crippen molar-refractivity contribution in [2.75, 3.05) is 12.3 Å². The lowest BCUT2D eigenvalue weighted by Gasteiger charge is -2.10. The van der Waals surface area contributed by atoms with Crippen molar-refractivity contribution in [3.05, 3.63) is 75.9 Å². The molecule has 0 spiro atoms. The number of hydrogen-bond acceptors (Lipinski definition) is 7. The predicted octanol–water partition coefficient (Wildman–Crippen LogP) is 2.97. The molecule has 0 bridgehead atoms. The van der Waals surface area contributed by atoms with Crippen LogP contribution in [-0.4, -0.2) is 43.7 Å². The molecule has 1 heterocycles. The first-order valence-electron chi connectivity index (χ1n) is 9.20. The van der Waals surface area contributed by atoms with E-state index in [0.29, 0.717) is 35.2 Å². The van der Waals surface area contributed by atoms with Crippen molar-refractivity contribution < 1.29 is 18.9 Å². The van der Waals surface area contributed by atoms with E-state index < -0.39 is 4.92 Å². The molecule has 1 N–H and O–H groups in total. The topological polar surface area (TPSA) is 120 Å². The third-order valence-electron chi connectivity index (χ3n) is 4.24. The fourth-order valence-electron chi connectivity index (χ4n) is 2.74. The van der Waals surface area contributed by atoms with Crippen LogP contribution in [0, 0.1) is 15.9 Å². The van der Waals surface area contributed by atoms with E-state index in [2.05, 4.69) is 15.5 Å². The van der Waals surface area contributed by atoms with Gasteiger partial charge in [-0.2, -0.15) is 0 Å². The number of nitrogens with one attached hydrogen (secondary N) is 1. The molecule has 3 aromatic rings. The lowest BCUT2D eigenvalue weighted by molar-refractivity contribution is -0.384. The van der Waals surface area contributed by atoms with Gasteiger partial charge in [-0.15, -0.1) is 10.2 Å². The predicted molar refractivity (Wildman–Crippen MR) is 112 cm³/mol. The third-order valence-corrected chi connectivity index (χ3v) is 5.17. The Labute approximate surface area is 180 Å². The fourth-order valence-corrected chi connectivity index (χ4v) is 3.60. The summed E-state index contributed by atoms with van der Waals surface area (Å²) in [5.41, 5.74) is 0.871. The minimum Gasteiger partial charge on any atom is -0.356 e. The van der Waals surface area contributed by atoms with Gasteiger partial charge in [0.25, 0.3) is 5.69 Å². The molecule has 0 fully saturated rings. The van der Waals surface area contributed by atoms with Crippen LogP contribution in [0.2, 0.25) is 0 Å². The summed E-state index contributed by atoms with van der Waals surface area (Å²) in [6.45, 7) is 1.76. The lowest BCUT2D eigenvalue weighted by Crippen LogP contribution is -2.23. The minimum absolute atomic E-state index is 0.0306. The number of carbonyl (C=O) groups is 2. The van der Waals surface area contributed by atoms with Crippen LogP contribution in [0.1, 0.15) is 23.1 Å². The van der Waals surface area contributed by atoms with E-state index in [0.717, 1.165) is 11.8 Å². The largest absolute Gasteiger partial charge is 0.356 e. The second-order valence-corrected chi connectivity index (χ2v) is 7.40. The summed E-state index contributed by atoms with van der Waals surface area (Å²) in [5.74, 6) is -0.211. The third kappa shape index (κ3) is 5.72. The number of hydrogen-bond donors (Lipinski definition) is 1. The van der Waals surface area contributed by atoms with Crippen molar-refractivity contribution in [1.29, 1.82) is 0 Å². The summed E-state index contributed by atoms with van der Waals surface area (Å²) in [6.07, 6.45) is 0.390. The Morgan fingerprint density at radius 2 is 1.81 bits per heavy atom. The number of carbonyl (C=O) groups excluding carboxylic acids is 2. The first-order valence-corrected chi connectivity index (χ1v) is 10.2. The SMILES string of the molecule is CC(=O)NCCc1nnc(SCC(=O)c2ccc([N+](=O)[O-])cc2)n1-c1ccc(F)cc1. The van der Waals surface area contributed by atoms with Crippen LogP contribution in [0.3, 0.4) is 0 Å². The second-order valence-electron chi connectivity index (χ2n) is 6.46. The van der Waals surface area contributed by atoms with Crippen molar-refractivity contribution in [2.45, 2.75) is 18.5 Å². The summed E-state index contributed by atoms with van der Waals surface area (Å²) in [7, 11) is 0. The highest BCUT2D eigenvalue weighted by Crippen LogP contribution is 2.24. The molecular formula is C20H18FN5O4S. The molecule has 1 aromatic heterocycles. The van der Waals surface area contributed by atoms with Crippen molar-refractivity contribution in [3.63, 3.8) is 0 Å². The second kappa shape index (κ2) is 9.94. The zero-order valence-corrected chi connectivity index (χ0v) is 17.3. The molecule has 0 aliphatic rings. The number of halogens is 1.